The Labute approximate surface area is 125 Å². The second-order valence-electron chi connectivity index (χ2n) is 5.51. The molecule has 21 heavy (non-hydrogen) atoms. The maximum atomic E-state index is 13.2. The molecular weight excluding hydrogens is 271 g/mol. The monoisotopic (exact) mass is 294 g/mol. The summed E-state index contributed by atoms with van der Waals surface area (Å²) in [7, 11) is 1.57. The van der Waals surface area contributed by atoms with Crippen LogP contribution in [0.25, 0.3) is 0 Å². The summed E-state index contributed by atoms with van der Waals surface area (Å²) >= 11 is 0. The molecule has 2 atom stereocenters. The molecule has 1 fully saturated rings. The molecule has 1 aromatic rings. The first-order valence-corrected chi connectivity index (χ1v) is 7.40. The molecule has 0 radical (unpaired) electrons. The Morgan fingerprint density at radius 3 is 3.05 bits per heavy atom. The van der Waals surface area contributed by atoms with E-state index in [0.29, 0.717) is 19.4 Å². The highest BCUT2D eigenvalue weighted by Gasteiger charge is 2.29. The third kappa shape index (κ3) is 4.25. The summed E-state index contributed by atoms with van der Waals surface area (Å²) < 4.78 is 18.4. The van der Waals surface area contributed by atoms with E-state index in [2.05, 4.69) is 0 Å². The number of hydrogen-bond acceptors (Lipinski definition) is 3. The molecule has 0 aliphatic carbocycles. The molecule has 2 rings (SSSR count). The Hall–Kier alpha value is -1.46. The summed E-state index contributed by atoms with van der Waals surface area (Å²) in [6, 6.07) is 6.74. The smallest absolute Gasteiger partial charge is 0.225 e. The Kier molecular flexibility index (Phi) is 5.70. The molecular formula is C16H23FN2O2. The van der Waals surface area contributed by atoms with Crippen molar-refractivity contribution in [1.82, 2.24) is 4.90 Å². The van der Waals surface area contributed by atoms with Gasteiger partial charge in [-0.3, -0.25) is 4.79 Å². The molecule has 4 nitrogen and oxygen atoms in total. The SMILES string of the molecule is COC(CN)CC(=O)N1CCCC1Cc1cccc(F)c1. The Morgan fingerprint density at radius 2 is 2.38 bits per heavy atom. The van der Waals surface area contributed by atoms with Gasteiger partial charge in [-0.1, -0.05) is 12.1 Å². The number of hydrogen-bond donors (Lipinski definition) is 1. The van der Waals surface area contributed by atoms with E-state index in [1.54, 1.807) is 19.2 Å². The van der Waals surface area contributed by atoms with Crippen molar-refractivity contribution in [3.8, 4) is 0 Å². The number of nitrogens with zero attached hydrogens (tertiary/aromatic N) is 1. The molecule has 1 aliphatic heterocycles. The molecule has 2 N–H and O–H groups in total. The van der Waals surface area contributed by atoms with Gasteiger partial charge >= 0.3 is 0 Å². The Bertz CT molecular complexity index is 477. The largest absolute Gasteiger partial charge is 0.380 e. The van der Waals surface area contributed by atoms with E-state index in [-0.39, 0.29) is 23.9 Å². The van der Waals surface area contributed by atoms with Gasteiger partial charge in [0.2, 0.25) is 5.91 Å². The van der Waals surface area contributed by atoms with Crippen molar-refractivity contribution < 1.29 is 13.9 Å². The number of likely N-dealkylation sites (tertiary alicyclic amines) is 1. The number of rotatable bonds is 6. The van der Waals surface area contributed by atoms with Crippen LogP contribution >= 0.6 is 0 Å². The van der Waals surface area contributed by atoms with Crippen LogP contribution in [0.5, 0.6) is 0 Å². The second-order valence-corrected chi connectivity index (χ2v) is 5.51. The van der Waals surface area contributed by atoms with Crippen LogP contribution in [0.4, 0.5) is 4.39 Å². The van der Waals surface area contributed by atoms with Crippen LogP contribution in [-0.4, -0.2) is 43.2 Å². The van der Waals surface area contributed by atoms with Crippen LogP contribution < -0.4 is 5.73 Å². The first kappa shape index (κ1) is 15.9. The van der Waals surface area contributed by atoms with Crippen LogP contribution in [0.15, 0.2) is 24.3 Å². The molecule has 1 aromatic carbocycles. The van der Waals surface area contributed by atoms with E-state index in [0.717, 1.165) is 24.9 Å². The molecule has 1 aliphatic rings. The molecule has 5 heteroatoms. The molecule has 0 bridgehead atoms. The fourth-order valence-corrected chi connectivity index (χ4v) is 2.89. The minimum absolute atomic E-state index is 0.0752. The van der Waals surface area contributed by atoms with E-state index in [4.69, 9.17) is 10.5 Å². The molecule has 0 saturated carbocycles. The number of benzene rings is 1. The first-order valence-electron chi connectivity index (χ1n) is 7.40. The van der Waals surface area contributed by atoms with Gasteiger partial charge in [-0.25, -0.2) is 4.39 Å². The van der Waals surface area contributed by atoms with Crippen LogP contribution in [0, 0.1) is 5.82 Å². The standard InChI is InChI=1S/C16H23FN2O2/c1-21-15(11-18)10-16(20)19-7-3-6-14(19)9-12-4-2-5-13(17)8-12/h2,4-5,8,14-15H,3,6-7,9-11,18H2,1H3. The maximum Gasteiger partial charge on any atom is 0.225 e. The van der Waals surface area contributed by atoms with Crippen molar-refractivity contribution in [2.24, 2.45) is 5.73 Å². The first-order chi connectivity index (χ1) is 10.1. The molecule has 2 unspecified atom stereocenters. The average molecular weight is 294 g/mol. The Balaban J connectivity index is 1.98. The van der Waals surface area contributed by atoms with Gasteiger partial charge in [0, 0.05) is 26.2 Å². The summed E-state index contributed by atoms with van der Waals surface area (Å²) in [5.74, 6) is -0.155. The summed E-state index contributed by atoms with van der Waals surface area (Å²) in [6.45, 7) is 1.10. The van der Waals surface area contributed by atoms with Gasteiger partial charge in [-0.2, -0.15) is 0 Å². The summed E-state index contributed by atoms with van der Waals surface area (Å²) in [6.07, 6.45) is 2.73. The van der Waals surface area contributed by atoms with Gasteiger partial charge in [0.15, 0.2) is 0 Å². The number of nitrogens with two attached hydrogens (primary N) is 1. The quantitative estimate of drug-likeness (QED) is 0.869. The van der Waals surface area contributed by atoms with Crippen LogP contribution in [0.3, 0.4) is 0 Å². The van der Waals surface area contributed by atoms with Crippen molar-refractivity contribution in [2.75, 3.05) is 20.2 Å². The number of carbonyl (C=O) groups excluding carboxylic acids is 1. The number of amides is 1. The van der Waals surface area contributed by atoms with Gasteiger partial charge in [-0.05, 0) is 37.0 Å². The van der Waals surface area contributed by atoms with E-state index >= 15 is 0 Å². The van der Waals surface area contributed by atoms with E-state index < -0.39 is 0 Å². The van der Waals surface area contributed by atoms with Crippen molar-refractivity contribution >= 4 is 5.91 Å². The van der Waals surface area contributed by atoms with Crippen molar-refractivity contribution in [3.63, 3.8) is 0 Å². The lowest BCUT2D eigenvalue weighted by Gasteiger charge is -2.26. The highest BCUT2D eigenvalue weighted by atomic mass is 19.1. The summed E-state index contributed by atoms with van der Waals surface area (Å²) in [4.78, 5) is 14.3. The average Bonchev–Trinajstić information content (AvgIpc) is 2.92. The lowest BCUT2D eigenvalue weighted by Crippen LogP contribution is -2.40. The zero-order valence-corrected chi connectivity index (χ0v) is 12.4. The van der Waals surface area contributed by atoms with Gasteiger partial charge < -0.3 is 15.4 Å². The summed E-state index contributed by atoms with van der Waals surface area (Å²) in [5.41, 5.74) is 6.50. The van der Waals surface area contributed by atoms with Gasteiger partial charge in [0.1, 0.15) is 5.82 Å². The van der Waals surface area contributed by atoms with E-state index in [9.17, 15) is 9.18 Å². The van der Waals surface area contributed by atoms with Gasteiger partial charge in [-0.15, -0.1) is 0 Å². The number of methoxy groups -OCH3 is 1. The van der Waals surface area contributed by atoms with Crippen LogP contribution in [0.2, 0.25) is 0 Å². The van der Waals surface area contributed by atoms with Crippen molar-refractivity contribution in [2.45, 2.75) is 37.8 Å². The second kappa shape index (κ2) is 7.52. The minimum Gasteiger partial charge on any atom is -0.380 e. The lowest BCUT2D eigenvalue weighted by molar-refractivity contribution is -0.134. The third-order valence-corrected chi connectivity index (χ3v) is 4.06. The number of halogens is 1. The fourth-order valence-electron chi connectivity index (χ4n) is 2.89. The molecule has 0 aromatic heterocycles. The van der Waals surface area contributed by atoms with Gasteiger partial charge in [0.05, 0.1) is 12.5 Å². The fraction of sp³-hybridized carbons (Fsp3) is 0.562. The highest BCUT2D eigenvalue weighted by molar-refractivity contribution is 5.77. The normalized spacial score (nSPS) is 19.8. The Morgan fingerprint density at radius 1 is 1.57 bits per heavy atom. The minimum atomic E-state index is -0.231. The van der Waals surface area contributed by atoms with E-state index in [1.165, 1.54) is 6.07 Å². The summed E-state index contributed by atoms with van der Waals surface area (Å²) in [5, 5.41) is 0. The predicted octanol–water partition coefficient (Wildman–Crippen LogP) is 1.72. The maximum absolute atomic E-state index is 13.2. The molecule has 116 valence electrons. The number of carbonyl (C=O) groups is 1. The van der Waals surface area contributed by atoms with Crippen molar-refractivity contribution in [1.29, 1.82) is 0 Å². The zero-order chi connectivity index (χ0) is 15.2. The van der Waals surface area contributed by atoms with Crippen molar-refractivity contribution in [3.05, 3.63) is 35.6 Å². The predicted molar refractivity (Wildman–Crippen MR) is 79.3 cm³/mol. The molecule has 1 saturated heterocycles. The lowest BCUT2D eigenvalue weighted by atomic mass is 10.0. The topological polar surface area (TPSA) is 55.6 Å². The van der Waals surface area contributed by atoms with E-state index in [1.807, 2.05) is 11.0 Å². The van der Waals surface area contributed by atoms with Crippen LogP contribution in [-0.2, 0) is 16.0 Å². The highest BCUT2D eigenvalue weighted by Crippen LogP contribution is 2.22. The number of ether oxygens (including phenoxy) is 1. The van der Waals surface area contributed by atoms with Crippen LogP contribution in [0.1, 0.15) is 24.8 Å². The zero-order valence-electron chi connectivity index (χ0n) is 12.4. The van der Waals surface area contributed by atoms with Gasteiger partial charge in [0.25, 0.3) is 0 Å². The molecule has 1 amide bonds. The molecule has 1 heterocycles. The third-order valence-electron chi connectivity index (χ3n) is 4.06. The molecule has 0 spiro atoms.